The Bertz CT molecular complexity index is 728. The molecule has 0 radical (unpaired) electrons. The molecule has 2 rings (SSSR count). The zero-order chi connectivity index (χ0) is 18.9. The number of nitrogens with zero attached hydrogens (tertiary/aromatic N) is 2. The summed E-state index contributed by atoms with van der Waals surface area (Å²) in [5.74, 6) is 0.913. The monoisotopic (exact) mass is 357 g/mol. The number of hydrogen-bond acceptors (Lipinski definition) is 5. The molecule has 6 nitrogen and oxygen atoms in total. The first-order valence-corrected chi connectivity index (χ1v) is 8.87. The van der Waals surface area contributed by atoms with E-state index in [0.717, 1.165) is 31.6 Å². The van der Waals surface area contributed by atoms with Crippen LogP contribution < -0.4 is 19.7 Å². The Morgan fingerprint density at radius 1 is 1.04 bits per heavy atom. The highest BCUT2D eigenvalue weighted by Gasteiger charge is 2.13. The lowest BCUT2D eigenvalue weighted by atomic mass is 10.2. The molecule has 0 unspecified atom stereocenters. The zero-order valence-corrected chi connectivity index (χ0v) is 15.9. The smallest absolute Gasteiger partial charge is 0.274 e. The molecule has 0 saturated carbocycles. The molecule has 1 heterocycles. The van der Waals surface area contributed by atoms with Crippen molar-refractivity contribution in [3.05, 3.63) is 42.2 Å². The molecule has 0 fully saturated rings. The number of ether oxygens (including phenoxy) is 2. The zero-order valence-electron chi connectivity index (χ0n) is 15.9. The van der Waals surface area contributed by atoms with Crippen LogP contribution in [0.25, 0.3) is 0 Å². The number of benzene rings is 1. The molecule has 0 aliphatic heterocycles. The summed E-state index contributed by atoms with van der Waals surface area (Å²) >= 11 is 0. The summed E-state index contributed by atoms with van der Waals surface area (Å²) in [6, 6.07) is 9.02. The number of nitrogens with one attached hydrogen (secondary N) is 1. The first-order valence-electron chi connectivity index (χ1n) is 8.87. The summed E-state index contributed by atoms with van der Waals surface area (Å²) < 4.78 is 10.5. The van der Waals surface area contributed by atoms with Crippen molar-refractivity contribution in [1.82, 2.24) is 4.98 Å². The van der Waals surface area contributed by atoms with E-state index in [0.29, 0.717) is 22.9 Å². The van der Waals surface area contributed by atoms with Gasteiger partial charge in [-0.2, -0.15) is 0 Å². The Morgan fingerprint density at radius 3 is 2.35 bits per heavy atom. The van der Waals surface area contributed by atoms with Gasteiger partial charge >= 0.3 is 0 Å². The first kappa shape index (κ1) is 19.6. The van der Waals surface area contributed by atoms with Crippen LogP contribution in [0.2, 0.25) is 0 Å². The summed E-state index contributed by atoms with van der Waals surface area (Å²) in [4.78, 5) is 19.1. The van der Waals surface area contributed by atoms with Gasteiger partial charge in [0.25, 0.3) is 5.91 Å². The molecule has 26 heavy (non-hydrogen) atoms. The molecule has 0 saturated heterocycles. The average Bonchev–Trinajstić information content (AvgIpc) is 2.67. The second kappa shape index (κ2) is 9.65. The van der Waals surface area contributed by atoms with Gasteiger partial charge in [0.05, 0.1) is 14.2 Å². The van der Waals surface area contributed by atoms with Gasteiger partial charge in [-0.05, 0) is 37.1 Å². The van der Waals surface area contributed by atoms with Gasteiger partial charge in [-0.1, -0.05) is 13.8 Å². The first-order chi connectivity index (χ1) is 12.6. The molecule has 0 spiro atoms. The van der Waals surface area contributed by atoms with E-state index in [4.69, 9.17) is 9.47 Å². The minimum absolute atomic E-state index is 0.257. The molecule has 140 valence electrons. The molecular formula is C20H27N3O3. The highest BCUT2D eigenvalue weighted by molar-refractivity contribution is 6.03. The number of pyridine rings is 1. The van der Waals surface area contributed by atoms with Crippen molar-refractivity contribution in [2.75, 3.05) is 37.5 Å². The minimum Gasteiger partial charge on any atom is -0.493 e. The molecule has 6 heteroatoms. The van der Waals surface area contributed by atoms with Crippen molar-refractivity contribution in [2.24, 2.45) is 0 Å². The van der Waals surface area contributed by atoms with Crippen LogP contribution in [-0.4, -0.2) is 38.2 Å². The Morgan fingerprint density at radius 2 is 1.73 bits per heavy atom. The van der Waals surface area contributed by atoms with Crippen LogP contribution in [0.4, 0.5) is 11.4 Å². The summed E-state index contributed by atoms with van der Waals surface area (Å²) in [6.07, 6.45) is 3.78. The van der Waals surface area contributed by atoms with Crippen molar-refractivity contribution in [3.63, 3.8) is 0 Å². The van der Waals surface area contributed by atoms with Crippen LogP contribution in [0.3, 0.4) is 0 Å². The number of anilines is 2. The maximum Gasteiger partial charge on any atom is 0.274 e. The molecule has 1 amide bonds. The van der Waals surface area contributed by atoms with Crippen LogP contribution in [0.1, 0.15) is 37.2 Å². The molecule has 0 atom stereocenters. The van der Waals surface area contributed by atoms with Crippen molar-refractivity contribution < 1.29 is 14.3 Å². The summed E-state index contributed by atoms with van der Waals surface area (Å²) in [7, 11) is 3.13. The molecular weight excluding hydrogens is 330 g/mol. The second-order valence-corrected chi connectivity index (χ2v) is 5.91. The lowest BCUT2D eigenvalue weighted by Gasteiger charge is -2.23. The van der Waals surface area contributed by atoms with Gasteiger partial charge in [0, 0.05) is 36.7 Å². The fraction of sp³-hybridized carbons (Fsp3) is 0.400. The van der Waals surface area contributed by atoms with E-state index in [2.05, 4.69) is 29.0 Å². The molecule has 0 aliphatic carbocycles. The number of methoxy groups -OCH3 is 2. The molecule has 1 aromatic carbocycles. The minimum atomic E-state index is -0.257. The van der Waals surface area contributed by atoms with E-state index >= 15 is 0 Å². The van der Waals surface area contributed by atoms with Crippen LogP contribution in [0, 0.1) is 0 Å². The maximum atomic E-state index is 12.6. The number of aromatic nitrogens is 1. The van der Waals surface area contributed by atoms with Crippen molar-refractivity contribution in [1.29, 1.82) is 0 Å². The summed E-state index contributed by atoms with van der Waals surface area (Å²) in [6.45, 7) is 6.20. The second-order valence-electron chi connectivity index (χ2n) is 5.91. The summed E-state index contributed by atoms with van der Waals surface area (Å²) in [5.41, 5.74) is 2.02. The van der Waals surface area contributed by atoms with Gasteiger partial charge in [-0.3, -0.25) is 9.78 Å². The number of rotatable bonds is 9. The van der Waals surface area contributed by atoms with E-state index in [-0.39, 0.29) is 5.91 Å². The van der Waals surface area contributed by atoms with Crippen LogP contribution in [0.5, 0.6) is 11.5 Å². The average molecular weight is 357 g/mol. The Hall–Kier alpha value is -2.76. The molecule has 0 aliphatic rings. The molecule has 1 aromatic heterocycles. The Balaban J connectivity index is 2.18. The van der Waals surface area contributed by atoms with Crippen LogP contribution in [0.15, 0.2) is 36.5 Å². The highest BCUT2D eigenvalue weighted by atomic mass is 16.5. The number of carbonyl (C=O) groups is 1. The van der Waals surface area contributed by atoms with Gasteiger partial charge in [-0.15, -0.1) is 0 Å². The van der Waals surface area contributed by atoms with E-state index in [1.54, 1.807) is 38.6 Å². The normalized spacial score (nSPS) is 10.3. The molecule has 2 aromatic rings. The number of amides is 1. The maximum absolute atomic E-state index is 12.6. The largest absolute Gasteiger partial charge is 0.493 e. The van der Waals surface area contributed by atoms with E-state index in [1.807, 2.05) is 12.1 Å². The highest BCUT2D eigenvalue weighted by Crippen LogP contribution is 2.30. The van der Waals surface area contributed by atoms with E-state index in [1.165, 1.54) is 0 Å². The Kier molecular flexibility index (Phi) is 7.26. The van der Waals surface area contributed by atoms with Gasteiger partial charge in [0.1, 0.15) is 5.69 Å². The van der Waals surface area contributed by atoms with Gasteiger partial charge < -0.3 is 19.7 Å². The van der Waals surface area contributed by atoms with E-state index < -0.39 is 0 Å². The third kappa shape index (κ3) is 4.88. The lowest BCUT2D eigenvalue weighted by Crippen LogP contribution is -2.25. The van der Waals surface area contributed by atoms with Crippen molar-refractivity contribution >= 4 is 17.3 Å². The van der Waals surface area contributed by atoms with Crippen molar-refractivity contribution in [2.45, 2.75) is 26.7 Å². The lowest BCUT2D eigenvalue weighted by molar-refractivity contribution is 0.102. The van der Waals surface area contributed by atoms with Crippen LogP contribution >= 0.6 is 0 Å². The fourth-order valence-electron chi connectivity index (χ4n) is 2.76. The predicted molar refractivity (Wildman–Crippen MR) is 105 cm³/mol. The van der Waals surface area contributed by atoms with Gasteiger partial charge in [-0.25, -0.2) is 0 Å². The van der Waals surface area contributed by atoms with Crippen LogP contribution in [-0.2, 0) is 0 Å². The number of carbonyl (C=O) groups excluding carboxylic acids is 1. The van der Waals surface area contributed by atoms with Crippen molar-refractivity contribution in [3.8, 4) is 11.5 Å². The summed E-state index contributed by atoms with van der Waals surface area (Å²) in [5, 5.41) is 2.86. The predicted octanol–water partition coefficient (Wildman–Crippen LogP) is 3.98. The molecule has 0 bridgehead atoms. The van der Waals surface area contributed by atoms with Gasteiger partial charge in [0.2, 0.25) is 0 Å². The van der Waals surface area contributed by atoms with E-state index in [9.17, 15) is 4.79 Å². The fourth-order valence-corrected chi connectivity index (χ4v) is 2.76. The van der Waals surface area contributed by atoms with Gasteiger partial charge in [0.15, 0.2) is 11.5 Å². The quantitative estimate of drug-likeness (QED) is 0.735. The third-order valence-corrected chi connectivity index (χ3v) is 3.97. The Labute approximate surface area is 155 Å². The standard InChI is InChI=1S/C20H27N3O3/c1-5-11-23(12-6-2)16-9-10-21-17(14-16)20(24)22-15-7-8-18(25-3)19(13-15)26-4/h7-10,13-14H,5-6,11-12H2,1-4H3,(H,22,24). The topological polar surface area (TPSA) is 63.7 Å². The molecule has 1 N–H and O–H groups in total. The third-order valence-electron chi connectivity index (χ3n) is 3.97. The number of hydrogen-bond donors (Lipinski definition) is 1. The SMILES string of the molecule is CCCN(CCC)c1ccnc(C(=O)Nc2ccc(OC)c(OC)c2)c1.